The van der Waals surface area contributed by atoms with Crippen LogP contribution in [0.25, 0.3) is 0 Å². The maximum atomic E-state index is 10.1. The van der Waals surface area contributed by atoms with Crippen molar-refractivity contribution in [3.8, 4) is 18.2 Å². The van der Waals surface area contributed by atoms with Crippen molar-refractivity contribution >= 4 is 5.90 Å². The molecule has 1 aromatic carbocycles. The third-order valence-electron chi connectivity index (χ3n) is 5.95. The molecule has 2 fully saturated rings. The van der Waals surface area contributed by atoms with Gasteiger partial charge in [0, 0.05) is 12.8 Å². The van der Waals surface area contributed by atoms with Crippen molar-refractivity contribution in [2.45, 2.75) is 45.0 Å². The first kappa shape index (κ1) is 17.9. The van der Waals surface area contributed by atoms with Crippen molar-refractivity contribution < 1.29 is 9.47 Å². The van der Waals surface area contributed by atoms with Gasteiger partial charge >= 0.3 is 0 Å². The highest BCUT2D eigenvalue weighted by Gasteiger charge is 2.79. The molecule has 0 radical (unpaired) electrons. The molecule has 26 heavy (non-hydrogen) atoms. The van der Waals surface area contributed by atoms with Crippen LogP contribution >= 0.6 is 0 Å². The minimum Gasteiger partial charge on any atom is -0.448 e. The van der Waals surface area contributed by atoms with Crippen LogP contribution in [0.3, 0.4) is 0 Å². The van der Waals surface area contributed by atoms with Crippen molar-refractivity contribution in [3.05, 3.63) is 35.9 Å². The lowest BCUT2D eigenvalue weighted by molar-refractivity contribution is -0.274. The molecule has 2 heterocycles. The molecule has 2 aliphatic heterocycles. The van der Waals surface area contributed by atoms with Gasteiger partial charge in [-0.15, -0.1) is 0 Å². The Balaban J connectivity index is 2.26. The molecule has 2 saturated heterocycles. The van der Waals surface area contributed by atoms with E-state index in [4.69, 9.17) is 14.9 Å². The summed E-state index contributed by atoms with van der Waals surface area (Å²) in [5.41, 5.74) is -2.61. The number of benzene rings is 1. The van der Waals surface area contributed by atoms with E-state index >= 15 is 0 Å². The van der Waals surface area contributed by atoms with E-state index in [9.17, 15) is 15.8 Å². The second-order valence-corrected chi connectivity index (χ2v) is 7.10. The van der Waals surface area contributed by atoms with E-state index in [2.05, 4.69) is 18.2 Å². The summed E-state index contributed by atoms with van der Waals surface area (Å²) in [5, 5.41) is 38.6. The van der Waals surface area contributed by atoms with Gasteiger partial charge in [-0.3, -0.25) is 5.41 Å². The van der Waals surface area contributed by atoms with Crippen LogP contribution in [0.15, 0.2) is 30.3 Å². The SMILES string of the molecule is CCC1C2(C)OC(=N)C1(C#N)C(C#N)(C#N)C(C(C)c1ccccc1)O2. The van der Waals surface area contributed by atoms with Gasteiger partial charge in [0.25, 0.3) is 0 Å². The molecule has 2 aliphatic rings. The fraction of sp³-hybridized carbons (Fsp3) is 0.500. The number of nitrogens with one attached hydrogen (secondary N) is 1. The highest BCUT2D eigenvalue weighted by atomic mass is 16.7. The molecule has 0 aromatic heterocycles. The monoisotopic (exact) mass is 348 g/mol. The van der Waals surface area contributed by atoms with E-state index in [0.29, 0.717) is 6.42 Å². The van der Waals surface area contributed by atoms with Crippen LogP contribution in [0.2, 0.25) is 0 Å². The number of nitriles is 3. The molecule has 6 heteroatoms. The van der Waals surface area contributed by atoms with Gasteiger partial charge in [-0.25, -0.2) is 0 Å². The molecular weight excluding hydrogens is 328 g/mol. The summed E-state index contributed by atoms with van der Waals surface area (Å²) in [7, 11) is 0. The fourth-order valence-corrected chi connectivity index (χ4v) is 4.66. The largest absolute Gasteiger partial charge is 0.448 e. The molecule has 3 rings (SSSR count). The molecule has 132 valence electrons. The number of ether oxygens (including phenoxy) is 2. The molecule has 0 amide bonds. The molecule has 6 nitrogen and oxygen atoms in total. The molecule has 5 atom stereocenters. The lowest BCUT2D eigenvalue weighted by Crippen LogP contribution is -2.62. The maximum absolute atomic E-state index is 10.1. The highest BCUT2D eigenvalue weighted by molar-refractivity contribution is 5.89. The zero-order chi connectivity index (χ0) is 19.2. The lowest BCUT2D eigenvalue weighted by Gasteiger charge is -2.50. The number of hydrogen-bond acceptors (Lipinski definition) is 6. The third kappa shape index (κ3) is 1.90. The average Bonchev–Trinajstić information content (AvgIpc) is 2.84. The quantitative estimate of drug-likeness (QED) is 0.898. The van der Waals surface area contributed by atoms with Crippen LogP contribution in [-0.2, 0) is 9.47 Å². The van der Waals surface area contributed by atoms with Crippen LogP contribution in [0.5, 0.6) is 0 Å². The standard InChI is InChI=1S/C20H20N4O2/c1-4-15-18(3)25-16(13(2)14-8-6-5-7-9-14)19(10-21,11-22)20(15,12-23)17(24)26-18/h5-9,13,15-16,24H,4H2,1-3H3. The smallest absolute Gasteiger partial charge is 0.214 e. The van der Waals surface area contributed by atoms with Gasteiger partial charge in [-0.05, 0) is 12.0 Å². The number of rotatable bonds is 3. The number of nitrogens with zero attached hydrogens (tertiary/aromatic N) is 3. The molecule has 1 N–H and O–H groups in total. The van der Waals surface area contributed by atoms with Crippen LogP contribution in [0.1, 0.15) is 38.7 Å². The second-order valence-electron chi connectivity index (χ2n) is 7.10. The average molecular weight is 348 g/mol. The molecule has 2 bridgehead atoms. The van der Waals surface area contributed by atoms with Gasteiger partial charge in [0.1, 0.15) is 6.10 Å². The van der Waals surface area contributed by atoms with E-state index in [1.54, 1.807) is 6.92 Å². The molecule has 0 spiro atoms. The summed E-state index contributed by atoms with van der Waals surface area (Å²) in [6, 6.07) is 15.7. The summed E-state index contributed by atoms with van der Waals surface area (Å²) < 4.78 is 11.9. The maximum Gasteiger partial charge on any atom is 0.214 e. The summed E-state index contributed by atoms with van der Waals surface area (Å²) in [4.78, 5) is 0. The normalized spacial score (nSPS) is 35.5. The Kier molecular flexibility index (Phi) is 4.02. The van der Waals surface area contributed by atoms with Crippen LogP contribution in [-0.4, -0.2) is 17.8 Å². The van der Waals surface area contributed by atoms with Gasteiger partial charge in [0.15, 0.2) is 10.8 Å². The first-order chi connectivity index (χ1) is 12.4. The van der Waals surface area contributed by atoms with E-state index < -0.39 is 28.6 Å². The molecule has 0 aliphatic carbocycles. The van der Waals surface area contributed by atoms with Crippen molar-refractivity contribution in [2.75, 3.05) is 0 Å². The van der Waals surface area contributed by atoms with Gasteiger partial charge in [-0.2, -0.15) is 15.8 Å². The number of hydrogen-bond donors (Lipinski definition) is 1. The first-order valence-corrected chi connectivity index (χ1v) is 8.61. The minimum atomic E-state index is -1.84. The minimum absolute atomic E-state index is 0.338. The van der Waals surface area contributed by atoms with E-state index in [1.165, 1.54) is 0 Å². The Hall–Kier alpha value is -2.88. The van der Waals surface area contributed by atoms with Crippen LogP contribution < -0.4 is 0 Å². The van der Waals surface area contributed by atoms with Gasteiger partial charge in [-0.1, -0.05) is 44.2 Å². The molecule has 5 unspecified atom stereocenters. The van der Waals surface area contributed by atoms with Crippen molar-refractivity contribution in [1.29, 1.82) is 21.2 Å². The summed E-state index contributed by atoms with van der Waals surface area (Å²) in [6.07, 6.45) is -0.459. The second kappa shape index (κ2) is 5.84. The number of fused-ring (bicyclic) bond motifs is 2. The van der Waals surface area contributed by atoms with Gasteiger partial charge < -0.3 is 9.47 Å². The molecular formula is C20H20N4O2. The Labute approximate surface area is 153 Å². The lowest BCUT2D eigenvalue weighted by atomic mass is 9.52. The Morgan fingerprint density at radius 1 is 1.15 bits per heavy atom. The van der Waals surface area contributed by atoms with E-state index in [0.717, 1.165) is 5.56 Å². The predicted octanol–water partition coefficient (Wildman–Crippen LogP) is 3.48. The topological polar surface area (TPSA) is 114 Å². The van der Waals surface area contributed by atoms with Crippen molar-refractivity contribution in [2.24, 2.45) is 16.7 Å². The summed E-state index contributed by atoms with van der Waals surface area (Å²) in [6.45, 7) is 5.41. The van der Waals surface area contributed by atoms with E-state index in [1.807, 2.05) is 44.2 Å². The van der Waals surface area contributed by atoms with Crippen molar-refractivity contribution in [3.63, 3.8) is 0 Å². The Bertz CT molecular complexity index is 849. The predicted molar refractivity (Wildman–Crippen MR) is 92.4 cm³/mol. The molecule has 1 aromatic rings. The molecule has 0 saturated carbocycles. The van der Waals surface area contributed by atoms with Crippen LogP contribution in [0.4, 0.5) is 0 Å². The zero-order valence-corrected chi connectivity index (χ0v) is 15.0. The van der Waals surface area contributed by atoms with Crippen molar-refractivity contribution in [1.82, 2.24) is 0 Å². The summed E-state index contributed by atoms with van der Waals surface area (Å²) >= 11 is 0. The Morgan fingerprint density at radius 3 is 2.27 bits per heavy atom. The van der Waals surface area contributed by atoms with Crippen LogP contribution in [0, 0.1) is 56.2 Å². The highest BCUT2D eigenvalue weighted by Crippen LogP contribution is 2.65. The third-order valence-corrected chi connectivity index (χ3v) is 5.95. The Morgan fingerprint density at radius 2 is 1.77 bits per heavy atom. The van der Waals surface area contributed by atoms with Gasteiger partial charge in [0.2, 0.25) is 11.7 Å². The first-order valence-electron chi connectivity index (χ1n) is 8.61. The summed E-state index contributed by atoms with van der Waals surface area (Å²) in [5.74, 6) is -2.48. The fourth-order valence-electron chi connectivity index (χ4n) is 4.66. The zero-order valence-electron chi connectivity index (χ0n) is 15.0. The van der Waals surface area contributed by atoms with E-state index in [-0.39, 0.29) is 11.8 Å². The van der Waals surface area contributed by atoms with Gasteiger partial charge in [0.05, 0.1) is 24.1 Å².